The van der Waals surface area contributed by atoms with E-state index < -0.39 is 0 Å². The van der Waals surface area contributed by atoms with Crippen molar-refractivity contribution in [3.63, 3.8) is 0 Å². The molecule has 2 N–H and O–H groups in total. The second kappa shape index (κ2) is 4.31. The van der Waals surface area contributed by atoms with Crippen molar-refractivity contribution >= 4 is 17.4 Å². The Labute approximate surface area is 92.7 Å². The van der Waals surface area contributed by atoms with Crippen LogP contribution >= 0.6 is 11.5 Å². The van der Waals surface area contributed by atoms with Gasteiger partial charge in [0, 0.05) is 0 Å². The van der Waals surface area contributed by atoms with Crippen molar-refractivity contribution in [2.75, 3.05) is 5.73 Å². The molecule has 0 saturated heterocycles. The molecule has 0 aliphatic heterocycles. The minimum atomic E-state index is 0.528. The molecule has 1 aromatic carbocycles. The number of anilines is 1. The topological polar surface area (TPSA) is 48.1 Å². The largest absolute Gasteiger partial charge is 0.488 e. The highest BCUT2D eigenvalue weighted by Gasteiger charge is 2.01. The summed E-state index contributed by atoms with van der Waals surface area (Å²) < 4.78 is 9.64. The first-order valence-electron chi connectivity index (χ1n) is 4.65. The Morgan fingerprint density at radius 1 is 1.40 bits per heavy atom. The number of nitrogens with zero attached hydrogens (tertiary/aromatic N) is 1. The molecule has 3 nitrogen and oxygen atoms in total. The lowest BCUT2D eigenvalue weighted by atomic mass is 10.2. The Morgan fingerprint density at radius 2 is 2.20 bits per heavy atom. The summed E-state index contributed by atoms with van der Waals surface area (Å²) >= 11 is 1.37. The number of ether oxygens (including phenoxy) is 1. The van der Waals surface area contributed by atoms with Crippen molar-refractivity contribution in [2.45, 2.75) is 13.5 Å². The van der Waals surface area contributed by atoms with E-state index in [0.717, 1.165) is 16.2 Å². The van der Waals surface area contributed by atoms with Gasteiger partial charge in [0.05, 0.1) is 4.88 Å². The predicted molar refractivity (Wildman–Crippen MR) is 62.0 cm³/mol. The Balaban J connectivity index is 2.02. The first-order chi connectivity index (χ1) is 7.25. The number of aromatic nitrogens is 1. The molecule has 78 valence electrons. The summed E-state index contributed by atoms with van der Waals surface area (Å²) in [6, 6.07) is 9.77. The van der Waals surface area contributed by atoms with Crippen molar-refractivity contribution in [1.82, 2.24) is 4.37 Å². The number of nitrogen functional groups attached to an aromatic ring is 1. The van der Waals surface area contributed by atoms with Gasteiger partial charge in [0.2, 0.25) is 0 Å². The van der Waals surface area contributed by atoms with Gasteiger partial charge in [-0.2, -0.15) is 4.37 Å². The lowest BCUT2D eigenvalue weighted by Crippen LogP contribution is -1.94. The number of hydrogen-bond donors (Lipinski definition) is 1. The molecule has 1 aromatic heterocycles. The van der Waals surface area contributed by atoms with Crippen LogP contribution in [0.2, 0.25) is 0 Å². The van der Waals surface area contributed by atoms with Crippen molar-refractivity contribution < 1.29 is 4.74 Å². The Bertz CT molecular complexity index is 453. The Hall–Kier alpha value is -1.55. The van der Waals surface area contributed by atoms with Crippen LogP contribution in [0.3, 0.4) is 0 Å². The monoisotopic (exact) mass is 220 g/mol. The average molecular weight is 220 g/mol. The molecule has 15 heavy (non-hydrogen) atoms. The fraction of sp³-hybridized carbons (Fsp3) is 0.182. The lowest BCUT2D eigenvalue weighted by molar-refractivity contribution is 0.307. The van der Waals surface area contributed by atoms with E-state index >= 15 is 0 Å². The van der Waals surface area contributed by atoms with E-state index in [1.54, 1.807) is 0 Å². The van der Waals surface area contributed by atoms with Gasteiger partial charge in [-0.05, 0) is 36.2 Å². The molecule has 0 aliphatic carbocycles. The number of aryl methyl sites for hydroxylation is 1. The maximum Gasteiger partial charge on any atom is 0.137 e. The smallest absolute Gasteiger partial charge is 0.137 e. The van der Waals surface area contributed by atoms with E-state index in [1.165, 1.54) is 11.5 Å². The molecule has 0 radical (unpaired) electrons. The SMILES string of the molecule is Cc1ccccc1OCc1cc(N)ns1. The molecule has 0 spiro atoms. The van der Waals surface area contributed by atoms with Crippen molar-refractivity contribution in [3.8, 4) is 5.75 Å². The molecule has 0 unspecified atom stereocenters. The minimum absolute atomic E-state index is 0.528. The molecular formula is C11H12N2OS. The standard InChI is InChI=1S/C11H12N2OS/c1-8-4-2-3-5-10(8)14-7-9-6-11(12)13-15-9/h2-6H,7H2,1H3,(H2,12,13). The summed E-state index contributed by atoms with van der Waals surface area (Å²) in [5.41, 5.74) is 6.66. The maximum absolute atomic E-state index is 5.65. The van der Waals surface area contributed by atoms with Crippen LogP contribution in [0.25, 0.3) is 0 Å². The van der Waals surface area contributed by atoms with Gasteiger partial charge in [-0.1, -0.05) is 18.2 Å². The normalized spacial score (nSPS) is 10.2. The number of rotatable bonds is 3. The van der Waals surface area contributed by atoms with Crippen molar-refractivity contribution in [2.24, 2.45) is 0 Å². The van der Waals surface area contributed by atoms with E-state index in [0.29, 0.717) is 12.4 Å². The average Bonchev–Trinajstić information content (AvgIpc) is 2.63. The van der Waals surface area contributed by atoms with E-state index in [-0.39, 0.29) is 0 Å². The minimum Gasteiger partial charge on any atom is -0.488 e. The highest BCUT2D eigenvalue weighted by atomic mass is 32.1. The first kappa shape index (κ1) is 9.98. The molecule has 0 amide bonds. The van der Waals surface area contributed by atoms with Gasteiger partial charge in [0.15, 0.2) is 0 Å². The van der Waals surface area contributed by atoms with Crippen LogP contribution < -0.4 is 10.5 Å². The molecule has 0 aliphatic rings. The van der Waals surface area contributed by atoms with E-state index in [1.807, 2.05) is 37.3 Å². The maximum atomic E-state index is 5.65. The van der Waals surface area contributed by atoms with Crippen LogP contribution in [0.4, 0.5) is 5.82 Å². The molecule has 0 fully saturated rings. The van der Waals surface area contributed by atoms with Crippen LogP contribution in [0.15, 0.2) is 30.3 Å². The third-order valence-corrected chi connectivity index (χ3v) is 2.81. The molecule has 2 rings (SSSR count). The summed E-state index contributed by atoms with van der Waals surface area (Å²) in [6.45, 7) is 2.55. The number of para-hydroxylation sites is 1. The van der Waals surface area contributed by atoms with Crippen LogP contribution in [0.1, 0.15) is 10.4 Å². The van der Waals surface area contributed by atoms with Gasteiger partial charge in [-0.25, -0.2) is 0 Å². The Morgan fingerprint density at radius 3 is 2.87 bits per heavy atom. The van der Waals surface area contributed by atoms with Crippen LogP contribution in [-0.2, 0) is 6.61 Å². The second-order valence-corrected chi connectivity index (χ2v) is 4.16. The molecule has 1 heterocycles. The number of hydrogen-bond acceptors (Lipinski definition) is 4. The van der Waals surface area contributed by atoms with Gasteiger partial charge in [0.1, 0.15) is 18.2 Å². The number of benzene rings is 1. The Kier molecular flexibility index (Phi) is 2.87. The third kappa shape index (κ3) is 2.47. The zero-order valence-corrected chi connectivity index (χ0v) is 9.25. The summed E-state index contributed by atoms with van der Waals surface area (Å²) in [5.74, 6) is 1.47. The van der Waals surface area contributed by atoms with Crippen molar-refractivity contribution in [1.29, 1.82) is 0 Å². The lowest BCUT2D eigenvalue weighted by Gasteiger charge is -2.06. The van der Waals surface area contributed by atoms with E-state index in [2.05, 4.69) is 4.37 Å². The first-order valence-corrected chi connectivity index (χ1v) is 5.42. The molecule has 2 aromatic rings. The van der Waals surface area contributed by atoms with Gasteiger partial charge < -0.3 is 10.5 Å². The van der Waals surface area contributed by atoms with E-state index in [4.69, 9.17) is 10.5 Å². The quantitative estimate of drug-likeness (QED) is 0.865. The highest BCUT2D eigenvalue weighted by molar-refractivity contribution is 7.06. The summed E-state index contributed by atoms with van der Waals surface area (Å²) in [5, 5.41) is 0. The van der Waals surface area contributed by atoms with Crippen molar-refractivity contribution in [3.05, 3.63) is 40.8 Å². The molecular weight excluding hydrogens is 208 g/mol. The highest BCUT2D eigenvalue weighted by Crippen LogP contribution is 2.19. The van der Waals surface area contributed by atoms with Crippen LogP contribution in [-0.4, -0.2) is 4.37 Å². The molecule has 4 heteroatoms. The fourth-order valence-corrected chi connectivity index (χ4v) is 1.82. The summed E-state index contributed by atoms with van der Waals surface area (Å²) in [6.07, 6.45) is 0. The van der Waals surface area contributed by atoms with E-state index in [9.17, 15) is 0 Å². The zero-order valence-electron chi connectivity index (χ0n) is 8.43. The van der Waals surface area contributed by atoms with Crippen LogP contribution in [0, 0.1) is 6.92 Å². The molecule has 0 atom stereocenters. The van der Waals surface area contributed by atoms with Crippen LogP contribution in [0.5, 0.6) is 5.75 Å². The second-order valence-electron chi connectivity index (χ2n) is 3.27. The summed E-state index contributed by atoms with van der Waals surface area (Å²) in [4.78, 5) is 1.04. The van der Waals surface area contributed by atoms with Gasteiger partial charge in [0.25, 0.3) is 0 Å². The molecule has 0 bridgehead atoms. The zero-order chi connectivity index (χ0) is 10.7. The predicted octanol–water partition coefficient (Wildman–Crippen LogP) is 2.61. The molecule has 0 saturated carbocycles. The van der Waals surface area contributed by atoms with Gasteiger partial charge >= 0.3 is 0 Å². The van der Waals surface area contributed by atoms with Gasteiger partial charge in [-0.3, -0.25) is 0 Å². The number of nitrogens with two attached hydrogens (primary N) is 1. The third-order valence-electron chi connectivity index (χ3n) is 2.04. The van der Waals surface area contributed by atoms with Gasteiger partial charge in [-0.15, -0.1) is 0 Å². The summed E-state index contributed by atoms with van der Waals surface area (Å²) in [7, 11) is 0. The fourth-order valence-electron chi connectivity index (χ4n) is 1.26.